The van der Waals surface area contributed by atoms with E-state index in [-0.39, 0.29) is 0 Å². The number of para-hydroxylation sites is 1. The lowest BCUT2D eigenvalue weighted by Gasteiger charge is -2.18. The van der Waals surface area contributed by atoms with Crippen molar-refractivity contribution in [1.82, 2.24) is 15.0 Å². The number of thiazole rings is 1. The van der Waals surface area contributed by atoms with Gasteiger partial charge in [-0.25, -0.2) is 15.0 Å². The molecule has 0 aliphatic carbocycles. The van der Waals surface area contributed by atoms with E-state index in [1.54, 1.807) is 11.3 Å². The van der Waals surface area contributed by atoms with Crippen molar-refractivity contribution in [2.45, 2.75) is 0 Å². The summed E-state index contributed by atoms with van der Waals surface area (Å²) >= 11 is 1.67. The summed E-state index contributed by atoms with van der Waals surface area (Å²) in [6.07, 6.45) is 0. The van der Waals surface area contributed by atoms with Crippen LogP contribution in [0.1, 0.15) is 0 Å². The second kappa shape index (κ2) is 9.77. The lowest BCUT2D eigenvalue weighted by molar-refractivity contribution is 1.23. The lowest BCUT2D eigenvalue weighted by Crippen LogP contribution is -1.97. The molecule has 0 saturated heterocycles. The summed E-state index contributed by atoms with van der Waals surface area (Å²) in [5, 5.41) is 3.44. The molecule has 0 N–H and O–H groups in total. The molecule has 2 aromatic heterocycles. The van der Waals surface area contributed by atoms with Crippen molar-refractivity contribution in [2.75, 3.05) is 0 Å². The van der Waals surface area contributed by atoms with Gasteiger partial charge < -0.3 is 0 Å². The van der Waals surface area contributed by atoms with E-state index in [0.29, 0.717) is 0 Å². The van der Waals surface area contributed by atoms with E-state index in [4.69, 9.17) is 9.97 Å². The summed E-state index contributed by atoms with van der Waals surface area (Å²) in [4.78, 5) is 14.8. The second-order valence-corrected chi connectivity index (χ2v) is 11.0. The second-order valence-electron chi connectivity index (χ2n) is 10.1. The summed E-state index contributed by atoms with van der Waals surface area (Å²) in [7, 11) is 0. The third kappa shape index (κ3) is 4.08. The minimum atomic E-state index is 0.723. The fraction of sp³-hybridized carbons (Fsp3) is 0. The van der Waals surface area contributed by atoms with E-state index in [1.807, 2.05) is 29.8 Å². The van der Waals surface area contributed by atoms with E-state index in [1.165, 1.54) is 26.6 Å². The number of hydrogen-bond acceptors (Lipinski definition) is 4. The first-order valence-electron chi connectivity index (χ1n) is 13.6. The van der Waals surface area contributed by atoms with Crippen molar-refractivity contribution in [3.63, 3.8) is 0 Å². The predicted molar refractivity (Wildman–Crippen MR) is 172 cm³/mol. The fourth-order valence-electron chi connectivity index (χ4n) is 5.73. The highest BCUT2D eigenvalue weighted by Crippen LogP contribution is 2.44. The third-order valence-electron chi connectivity index (χ3n) is 7.66. The molecule has 4 heteroatoms. The summed E-state index contributed by atoms with van der Waals surface area (Å²) in [5.41, 5.74) is 11.5. The van der Waals surface area contributed by atoms with Crippen molar-refractivity contribution < 1.29 is 0 Å². The number of hydrogen-bond donors (Lipinski definition) is 0. The van der Waals surface area contributed by atoms with E-state index in [0.717, 1.165) is 50.2 Å². The van der Waals surface area contributed by atoms with Gasteiger partial charge in [0.15, 0.2) is 5.82 Å². The number of nitrogens with zero attached hydrogens (tertiary/aromatic N) is 3. The Hall–Kier alpha value is -5.19. The van der Waals surface area contributed by atoms with Gasteiger partial charge in [-0.2, -0.15) is 0 Å². The Bertz CT molecular complexity index is 2220. The zero-order valence-electron chi connectivity index (χ0n) is 22.0. The minimum absolute atomic E-state index is 0.723. The van der Waals surface area contributed by atoms with Crippen molar-refractivity contribution >= 4 is 43.2 Å². The van der Waals surface area contributed by atoms with Crippen LogP contribution in [0.25, 0.3) is 76.8 Å². The van der Waals surface area contributed by atoms with E-state index in [2.05, 4.69) is 114 Å². The molecule has 2 heterocycles. The molecular weight excluding hydrogens is 518 g/mol. The zero-order valence-corrected chi connectivity index (χ0v) is 22.8. The maximum Gasteiger partial charge on any atom is 0.160 e. The number of rotatable bonds is 4. The van der Waals surface area contributed by atoms with Gasteiger partial charge in [-0.1, -0.05) is 115 Å². The SMILES string of the molecule is c1ccc(-c2nc(-c3ccccc3-c3c(-c4ccc5scnc5c4)ccc4ccccc34)c3ccccc3n2)cc1. The molecule has 3 nitrogen and oxygen atoms in total. The van der Waals surface area contributed by atoms with Gasteiger partial charge in [0.25, 0.3) is 0 Å². The predicted octanol–water partition coefficient (Wildman–Crippen LogP) is 10.1. The van der Waals surface area contributed by atoms with Crippen LogP contribution in [-0.2, 0) is 0 Å². The molecule has 0 bridgehead atoms. The molecule has 0 unspecified atom stereocenters. The topological polar surface area (TPSA) is 38.7 Å². The molecule has 0 aliphatic rings. The Morgan fingerprint density at radius 2 is 1.24 bits per heavy atom. The highest BCUT2D eigenvalue weighted by molar-refractivity contribution is 7.16. The largest absolute Gasteiger partial charge is 0.245 e. The minimum Gasteiger partial charge on any atom is -0.245 e. The molecular formula is C37H23N3S. The van der Waals surface area contributed by atoms with Crippen molar-refractivity contribution in [1.29, 1.82) is 0 Å². The van der Waals surface area contributed by atoms with Crippen LogP contribution < -0.4 is 0 Å². The Morgan fingerprint density at radius 3 is 2.15 bits per heavy atom. The first kappa shape index (κ1) is 23.7. The summed E-state index contributed by atoms with van der Waals surface area (Å²) < 4.78 is 1.19. The molecule has 0 amide bonds. The van der Waals surface area contributed by atoms with Gasteiger partial charge in [0, 0.05) is 16.5 Å². The fourth-order valence-corrected chi connectivity index (χ4v) is 6.39. The van der Waals surface area contributed by atoms with Crippen molar-refractivity contribution in [2.24, 2.45) is 0 Å². The molecule has 0 radical (unpaired) electrons. The molecule has 6 aromatic carbocycles. The van der Waals surface area contributed by atoms with Crippen LogP contribution in [0.4, 0.5) is 0 Å². The Labute approximate surface area is 241 Å². The summed E-state index contributed by atoms with van der Waals surface area (Å²) in [6.45, 7) is 0. The molecule has 0 atom stereocenters. The van der Waals surface area contributed by atoms with Gasteiger partial charge in [-0.15, -0.1) is 11.3 Å². The lowest BCUT2D eigenvalue weighted by atomic mass is 9.86. The molecule has 0 saturated carbocycles. The zero-order chi connectivity index (χ0) is 27.2. The van der Waals surface area contributed by atoms with E-state index < -0.39 is 0 Å². The molecule has 192 valence electrons. The Balaban J connectivity index is 1.44. The van der Waals surface area contributed by atoms with Crippen LogP contribution in [0.3, 0.4) is 0 Å². The first-order chi connectivity index (χ1) is 20.3. The Morgan fingerprint density at radius 1 is 0.488 bits per heavy atom. The van der Waals surface area contributed by atoms with Gasteiger partial charge in [0.2, 0.25) is 0 Å². The van der Waals surface area contributed by atoms with Crippen molar-refractivity contribution in [3.05, 3.63) is 139 Å². The first-order valence-corrected chi connectivity index (χ1v) is 14.5. The smallest absolute Gasteiger partial charge is 0.160 e. The number of benzene rings is 6. The Kier molecular flexibility index (Phi) is 5.64. The monoisotopic (exact) mass is 541 g/mol. The highest BCUT2D eigenvalue weighted by atomic mass is 32.1. The standard InChI is InChI=1S/C37H23N3S/c1-2-11-25(12-3-1)37-39-32-17-9-8-16-31(32)36(40-37)30-15-7-6-14-29(30)35-27-13-5-4-10-24(27)18-20-28(35)26-19-21-34-33(22-26)38-23-41-34/h1-23H. The average molecular weight is 542 g/mol. The summed E-state index contributed by atoms with van der Waals surface area (Å²) in [6, 6.07) is 46.8. The van der Waals surface area contributed by atoms with Gasteiger partial charge in [0.1, 0.15) is 0 Å². The van der Waals surface area contributed by atoms with Crippen LogP contribution in [0.5, 0.6) is 0 Å². The van der Waals surface area contributed by atoms with Gasteiger partial charge in [-0.3, -0.25) is 0 Å². The van der Waals surface area contributed by atoms with Gasteiger partial charge in [0.05, 0.1) is 26.9 Å². The van der Waals surface area contributed by atoms with Gasteiger partial charge in [-0.05, 0) is 51.2 Å². The summed E-state index contributed by atoms with van der Waals surface area (Å²) in [5.74, 6) is 0.723. The normalized spacial score (nSPS) is 11.4. The van der Waals surface area contributed by atoms with Crippen LogP contribution in [0, 0.1) is 0 Å². The third-order valence-corrected chi connectivity index (χ3v) is 8.47. The number of fused-ring (bicyclic) bond motifs is 3. The van der Waals surface area contributed by atoms with Gasteiger partial charge >= 0.3 is 0 Å². The highest BCUT2D eigenvalue weighted by Gasteiger charge is 2.19. The van der Waals surface area contributed by atoms with E-state index >= 15 is 0 Å². The van der Waals surface area contributed by atoms with Crippen LogP contribution in [0.2, 0.25) is 0 Å². The van der Waals surface area contributed by atoms with Crippen molar-refractivity contribution in [3.8, 4) is 44.9 Å². The maximum absolute atomic E-state index is 5.22. The molecule has 8 rings (SSSR count). The average Bonchev–Trinajstić information content (AvgIpc) is 3.52. The van der Waals surface area contributed by atoms with E-state index in [9.17, 15) is 0 Å². The molecule has 8 aromatic rings. The molecule has 0 aliphatic heterocycles. The maximum atomic E-state index is 5.22. The molecule has 0 spiro atoms. The molecule has 41 heavy (non-hydrogen) atoms. The van der Waals surface area contributed by atoms with Crippen LogP contribution in [0.15, 0.2) is 139 Å². The molecule has 0 fully saturated rings. The quantitative estimate of drug-likeness (QED) is 0.222. The van der Waals surface area contributed by atoms with Crippen LogP contribution in [-0.4, -0.2) is 15.0 Å². The van der Waals surface area contributed by atoms with Crippen LogP contribution >= 0.6 is 11.3 Å². The number of aromatic nitrogens is 3.